The molecular weight excluding hydrogens is 361 g/mol. The van der Waals surface area contributed by atoms with Gasteiger partial charge in [-0.1, -0.05) is 12.1 Å². The van der Waals surface area contributed by atoms with Gasteiger partial charge in [-0.2, -0.15) is 13.2 Å². The van der Waals surface area contributed by atoms with E-state index in [1.54, 1.807) is 12.1 Å². The molecule has 2 N–H and O–H groups in total. The fourth-order valence-electron chi connectivity index (χ4n) is 2.72. The molecule has 142 valence electrons. The zero-order chi connectivity index (χ0) is 19.4. The molecule has 0 spiro atoms. The molecule has 8 heteroatoms. The Morgan fingerprint density at radius 2 is 1.70 bits per heavy atom. The first-order chi connectivity index (χ1) is 12.8. The van der Waals surface area contributed by atoms with Gasteiger partial charge in [0.1, 0.15) is 6.10 Å². The summed E-state index contributed by atoms with van der Waals surface area (Å²) in [7, 11) is 0. The average molecular weight is 378 g/mol. The van der Waals surface area contributed by atoms with Crippen molar-refractivity contribution in [2.75, 3.05) is 17.2 Å². The third kappa shape index (κ3) is 4.85. The molecular formula is C19H17F3N2O3. The highest BCUT2D eigenvalue weighted by Crippen LogP contribution is 2.30. The molecule has 0 saturated carbocycles. The highest BCUT2D eigenvalue weighted by atomic mass is 19.4. The number of carbonyl (C=O) groups is 2. The van der Waals surface area contributed by atoms with Crippen LogP contribution in [0.4, 0.5) is 24.5 Å². The molecule has 2 aromatic carbocycles. The van der Waals surface area contributed by atoms with Crippen LogP contribution in [0, 0.1) is 0 Å². The van der Waals surface area contributed by atoms with Gasteiger partial charge >= 0.3 is 6.18 Å². The van der Waals surface area contributed by atoms with E-state index >= 15 is 0 Å². The number of nitrogens with one attached hydrogen (secondary N) is 2. The summed E-state index contributed by atoms with van der Waals surface area (Å²) in [5.41, 5.74) is -0.203. The van der Waals surface area contributed by atoms with Gasteiger partial charge in [-0.25, -0.2) is 0 Å². The SMILES string of the molecule is O=C(Nc1cccc(C(F)(F)F)c1)c1cccc(NC(=O)C2CCCO2)c1. The Hall–Kier alpha value is -2.87. The van der Waals surface area contributed by atoms with Gasteiger partial charge in [0.05, 0.1) is 5.56 Å². The highest BCUT2D eigenvalue weighted by molar-refractivity contribution is 6.05. The molecule has 0 radical (unpaired) electrons. The lowest BCUT2D eigenvalue weighted by atomic mass is 10.1. The van der Waals surface area contributed by atoms with E-state index in [0.29, 0.717) is 18.7 Å². The Bertz CT molecular complexity index is 846. The number of alkyl halides is 3. The van der Waals surface area contributed by atoms with E-state index in [1.165, 1.54) is 24.3 Å². The van der Waals surface area contributed by atoms with Gasteiger partial charge < -0.3 is 15.4 Å². The fraction of sp³-hybridized carbons (Fsp3) is 0.263. The number of halogens is 3. The van der Waals surface area contributed by atoms with Crippen LogP contribution in [0.25, 0.3) is 0 Å². The number of ether oxygens (including phenoxy) is 1. The molecule has 2 aromatic rings. The number of benzene rings is 2. The third-order valence-electron chi connectivity index (χ3n) is 4.06. The van der Waals surface area contributed by atoms with Crippen LogP contribution < -0.4 is 10.6 Å². The number of rotatable bonds is 4. The number of anilines is 2. The van der Waals surface area contributed by atoms with Crippen LogP contribution in [-0.2, 0) is 15.7 Å². The first-order valence-corrected chi connectivity index (χ1v) is 8.34. The molecule has 3 rings (SSSR count). The minimum Gasteiger partial charge on any atom is -0.368 e. The van der Waals surface area contributed by atoms with Crippen molar-refractivity contribution >= 4 is 23.2 Å². The van der Waals surface area contributed by atoms with E-state index in [4.69, 9.17) is 4.74 Å². The normalized spacial score (nSPS) is 16.8. The van der Waals surface area contributed by atoms with Crippen LogP contribution in [-0.4, -0.2) is 24.5 Å². The van der Waals surface area contributed by atoms with Crippen LogP contribution in [0.2, 0.25) is 0 Å². The number of amides is 2. The lowest BCUT2D eigenvalue weighted by Gasteiger charge is -2.12. The van der Waals surface area contributed by atoms with Crippen molar-refractivity contribution in [1.82, 2.24) is 0 Å². The van der Waals surface area contributed by atoms with Gasteiger partial charge in [-0.15, -0.1) is 0 Å². The van der Waals surface area contributed by atoms with E-state index in [0.717, 1.165) is 18.6 Å². The van der Waals surface area contributed by atoms with Gasteiger partial charge in [-0.05, 0) is 49.2 Å². The van der Waals surface area contributed by atoms with E-state index in [-0.39, 0.29) is 17.2 Å². The molecule has 0 aliphatic carbocycles. The number of carbonyl (C=O) groups excluding carboxylic acids is 2. The van der Waals surface area contributed by atoms with E-state index in [2.05, 4.69) is 10.6 Å². The lowest BCUT2D eigenvalue weighted by molar-refractivity contribution is -0.137. The Balaban J connectivity index is 1.69. The second kappa shape index (κ2) is 7.79. The first-order valence-electron chi connectivity index (χ1n) is 8.34. The zero-order valence-corrected chi connectivity index (χ0v) is 14.2. The third-order valence-corrected chi connectivity index (χ3v) is 4.06. The zero-order valence-electron chi connectivity index (χ0n) is 14.2. The van der Waals surface area contributed by atoms with Crippen molar-refractivity contribution in [2.24, 2.45) is 0 Å². The van der Waals surface area contributed by atoms with Crippen molar-refractivity contribution in [2.45, 2.75) is 25.1 Å². The monoisotopic (exact) mass is 378 g/mol. The minimum atomic E-state index is -4.49. The van der Waals surface area contributed by atoms with Gasteiger partial charge in [-0.3, -0.25) is 9.59 Å². The molecule has 1 saturated heterocycles. The van der Waals surface area contributed by atoms with Crippen molar-refractivity contribution in [3.63, 3.8) is 0 Å². The summed E-state index contributed by atoms with van der Waals surface area (Å²) in [6.07, 6.45) is -3.54. The fourth-order valence-corrected chi connectivity index (χ4v) is 2.72. The molecule has 1 aliphatic heterocycles. The smallest absolute Gasteiger partial charge is 0.368 e. The Morgan fingerprint density at radius 1 is 1.00 bits per heavy atom. The van der Waals surface area contributed by atoms with Crippen molar-refractivity contribution in [3.8, 4) is 0 Å². The maximum Gasteiger partial charge on any atom is 0.416 e. The Morgan fingerprint density at radius 3 is 2.37 bits per heavy atom. The summed E-state index contributed by atoms with van der Waals surface area (Å²) in [5.74, 6) is -0.870. The predicted octanol–water partition coefficient (Wildman–Crippen LogP) is 4.08. The summed E-state index contributed by atoms with van der Waals surface area (Å²) in [6, 6.07) is 10.5. The number of hydrogen-bond donors (Lipinski definition) is 2. The van der Waals surface area contributed by atoms with Crippen LogP contribution in [0.1, 0.15) is 28.8 Å². The van der Waals surface area contributed by atoms with Crippen LogP contribution in [0.3, 0.4) is 0 Å². The Kier molecular flexibility index (Phi) is 5.46. The van der Waals surface area contributed by atoms with Crippen molar-refractivity contribution in [3.05, 3.63) is 59.7 Å². The minimum absolute atomic E-state index is 0.0311. The molecule has 0 aromatic heterocycles. The van der Waals surface area contributed by atoms with Gasteiger partial charge in [0.25, 0.3) is 11.8 Å². The molecule has 2 amide bonds. The van der Waals surface area contributed by atoms with Gasteiger partial charge in [0, 0.05) is 23.5 Å². The standard InChI is InChI=1S/C19H17F3N2O3/c20-19(21,22)13-5-2-7-15(11-13)23-17(25)12-4-1-6-14(10-12)24-18(26)16-8-3-9-27-16/h1-2,4-7,10-11,16H,3,8-9H2,(H,23,25)(H,24,26). The Labute approximate surface area is 153 Å². The summed E-state index contributed by atoms with van der Waals surface area (Å²) in [4.78, 5) is 24.4. The average Bonchev–Trinajstić information content (AvgIpc) is 3.16. The molecule has 1 aliphatic rings. The second-order valence-electron chi connectivity index (χ2n) is 6.10. The summed E-state index contributed by atoms with van der Waals surface area (Å²) < 4.78 is 43.6. The van der Waals surface area contributed by atoms with E-state index in [1.807, 2.05) is 0 Å². The molecule has 1 atom stereocenters. The largest absolute Gasteiger partial charge is 0.416 e. The molecule has 0 bridgehead atoms. The van der Waals surface area contributed by atoms with E-state index in [9.17, 15) is 22.8 Å². The highest BCUT2D eigenvalue weighted by Gasteiger charge is 2.30. The maximum atomic E-state index is 12.8. The van der Waals surface area contributed by atoms with Crippen LogP contribution >= 0.6 is 0 Å². The topological polar surface area (TPSA) is 67.4 Å². The number of hydrogen-bond acceptors (Lipinski definition) is 3. The van der Waals surface area contributed by atoms with Gasteiger partial charge in [0.15, 0.2) is 0 Å². The van der Waals surface area contributed by atoms with Gasteiger partial charge in [0.2, 0.25) is 0 Å². The second-order valence-corrected chi connectivity index (χ2v) is 6.10. The maximum absolute atomic E-state index is 12.8. The van der Waals surface area contributed by atoms with Crippen LogP contribution in [0.5, 0.6) is 0 Å². The quantitative estimate of drug-likeness (QED) is 0.843. The predicted molar refractivity (Wildman–Crippen MR) is 93.4 cm³/mol. The van der Waals surface area contributed by atoms with Crippen molar-refractivity contribution in [1.29, 1.82) is 0 Å². The lowest BCUT2D eigenvalue weighted by Crippen LogP contribution is -2.27. The molecule has 1 unspecified atom stereocenters. The summed E-state index contributed by atoms with van der Waals surface area (Å²) in [6.45, 7) is 0.539. The molecule has 27 heavy (non-hydrogen) atoms. The van der Waals surface area contributed by atoms with Crippen molar-refractivity contribution < 1.29 is 27.5 Å². The molecule has 1 heterocycles. The van der Waals surface area contributed by atoms with Crippen LogP contribution in [0.15, 0.2) is 48.5 Å². The van der Waals surface area contributed by atoms with E-state index < -0.39 is 23.8 Å². The first kappa shape index (κ1) is 18.9. The summed E-state index contributed by atoms with van der Waals surface area (Å²) >= 11 is 0. The molecule has 1 fully saturated rings. The summed E-state index contributed by atoms with van der Waals surface area (Å²) in [5, 5.41) is 5.11. The molecule has 5 nitrogen and oxygen atoms in total.